The Morgan fingerprint density at radius 1 is 1.17 bits per heavy atom. The Labute approximate surface area is 149 Å². The smallest absolute Gasteiger partial charge is 0.224 e. The number of carbonyl (C=O) groups excluding carboxylic acids is 1. The Balaban J connectivity index is 0.00000208. The molecule has 0 saturated carbocycles. The minimum Gasteiger partial charge on any atom is -0.493 e. The van der Waals surface area contributed by atoms with Crippen molar-refractivity contribution in [2.45, 2.75) is 51.1 Å². The van der Waals surface area contributed by atoms with E-state index in [0.717, 1.165) is 24.1 Å². The normalized spacial score (nSPS) is 24.9. The van der Waals surface area contributed by atoms with Crippen molar-refractivity contribution >= 4 is 24.0 Å². The molecule has 6 heteroatoms. The summed E-state index contributed by atoms with van der Waals surface area (Å²) >= 11 is 0. The minimum atomic E-state index is 0. The zero-order valence-corrected chi connectivity index (χ0v) is 15.4. The molecule has 3 rings (SSSR count). The van der Waals surface area contributed by atoms with Crippen LogP contribution in [0.5, 0.6) is 11.5 Å². The van der Waals surface area contributed by atoms with Crippen molar-refractivity contribution in [1.29, 1.82) is 0 Å². The lowest BCUT2D eigenvalue weighted by Gasteiger charge is -2.28. The highest BCUT2D eigenvalue weighted by molar-refractivity contribution is 5.92. The molecule has 134 valence electrons. The maximum absolute atomic E-state index is 12.4. The summed E-state index contributed by atoms with van der Waals surface area (Å²) in [6, 6.07) is 4.96. The molecule has 2 heterocycles. The van der Waals surface area contributed by atoms with Gasteiger partial charge in [-0.2, -0.15) is 0 Å². The van der Waals surface area contributed by atoms with E-state index in [1.54, 1.807) is 14.2 Å². The van der Waals surface area contributed by atoms with Gasteiger partial charge in [-0.05, 0) is 50.2 Å². The SMILES string of the molecule is COc1cc(C)c(NC(=O)CC2CC3CCC(C2)N3)cc1OC.Cl. The van der Waals surface area contributed by atoms with Crippen LogP contribution in [0.15, 0.2) is 12.1 Å². The summed E-state index contributed by atoms with van der Waals surface area (Å²) in [5.41, 5.74) is 1.77. The van der Waals surface area contributed by atoms with E-state index in [9.17, 15) is 4.79 Å². The van der Waals surface area contributed by atoms with Crippen LogP contribution in [-0.4, -0.2) is 32.2 Å². The molecule has 1 aromatic carbocycles. The highest BCUT2D eigenvalue weighted by atomic mass is 35.5. The van der Waals surface area contributed by atoms with E-state index in [4.69, 9.17) is 9.47 Å². The highest BCUT2D eigenvalue weighted by Gasteiger charge is 2.34. The number of hydrogen-bond donors (Lipinski definition) is 2. The molecular formula is C18H27ClN2O3. The number of carbonyl (C=O) groups is 1. The molecule has 0 spiro atoms. The molecule has 24 heavy (non-hydrogen) atoms. The average Bonchev–Trinajstić information content (AvgIpc) is 2.87. The average molecular weight is 355 g/mol. The zero-order chi connectivity index (χ0) is 16.4. The molecule has 1 amide bonds. The predicted octanol–water partition coefficient (Wildman–Crippen LogP) is 3.29. The molecular weight excluding hydrogens is 328 g/mol. The summed E-state index contributed by atoms with van der Waals surface area (Å²) in [4.78, 5) is 12.4. The number of amides is 1. The quantitative estimate of drug-likeness (QED) is 0.851. The first-order valence-electron chi connectivity index (χ1n) is 8.37. The lowest BCUT2D eigenvalue weighted by Crippen LogP contribution is -2.39. The molecule has 0 aromatic heterocycles. The van der Waals surface area contributed by atoms with Gasteiger partial charge in [-0.1, -0.05) is 0 Å². The van der Waals surface area contributed by atoms with Crippen LogP contribution in [0.4, 0.5) is 5.69 Å². The van der Waals surface area contributed by atoms with Gasteiger partial charge in [0.05, 0.1) is 14.2 Å². The molecule has 2 aliphatic rings. The van der Waals surface area contributed by atoms with Crippen molar-refractivity contribution in [1.82, 2.24) is 5.32 Å². The lowest BCUT2D eigenvalue weighted by atomic mass is 9.89. The van der Waals surface area contributed by atoms with Crippen LogP contribution >= 0.6 is 12.4 Å². The molecule has 5 nitrogen and oxygen atoms in total. The van der Waals surface area contributed by atoms with Crippen LogP contribution in [-0.2, 0) is 4.79 Å². The first-order valence-corrected chi connectivity index (χ1v) is 8.37. The summed E-state index contributed by atoms with van der Waals surface area (Å²) in [5, 5.41) is 6.66. The third kappa shape index (κ3) is 4.14. The number of aryl methyl sites for hydroxylation is 1. The van der Waals surface area contributed by atoms with Crippen LogP contribution in [0.1, 0.15) is 37.7 Å². The fraction of sp³-hybridized carbons (Fsp3) is 0.611. The molecule has 2 fully saturated rings. The molecule has 0 aliphatic carbocycles. The number of nitrogens with one attached hydrogen (secondary N) is 2. The molecule has 0 radical (unpaired) electrons. The van der Waals surface area contributed by atoms with E-state index in [-0.39, 0.29) is 18.3 Å². The van der Waals surface area contributed by atoms with Crippen molar-refractivity contribution in [3.05, 3.63) is 17.7 Å². The van der Waals surface area contributed by atoms with Gasteiger partial charge in [-0.3, -0.25) is 4.79 Å². The first kappa shape index (κ1) is 18.9. The molecule has 2 atom stereocenters. The maximum Gasteiger partial charge on any atom is 0.224 e. The summed E-state index contributed by atoms with van der Waals surface area (Å²) in [6.45, 7) is 1.96. The fourth-order valence-corrected chi connectivity index (χ4v) is 3.92. The summed E-state index contributed by atoms with van der Waals surface area (Å²) in [5.74, 6) is 1.90. The lowest BCUT2D eigenvalue weighted by molar-refractivity contribution is -0.117. The van der Waals surface area contributed by atoms with E-state index in [1.165, 1.54) is 12.8 Å². The number of fused-ring (bicyclic) bond motifs is 2. The number of anilines is 1. The summed E-state index contributed by atoms with van der Waals surface area (Å²) in [6.07, 6.45) is 5.36. The fourth-order valence-electron chi connectivity index (χ4n) is 3.92. The van der Waals surface area contributed by atoms with Crippen LogP contribution in [0, 0.1) is 12.8 Å². The van der Waals surface area contributed by atoms with Crippen molar-refractivity contribution < 1.29 is 14.3 Å². The summed E-state index contributed by atoms with van der Waals surface area (Å²) < 4.78 is 10.6. The second-order valence-corrected chi connectivity index (χ2v) is 6.75. The van der Waals surface area contributed by atoms with Crippen LogP contribution in [0.25, 0.3) is 0 Å². The zero-order valence-electron chi connectivity index (χ0n) is 14.6. The van der Waals surface area contributed by atoms with Crippen LogP contribution in [0.3, 0.4) is 0 Å². The molecule has 2 saturated heterocycles. The summed E-state index contributed by atoms with van der Waals surface area (Å²) in [7, 11) is 3.21. The van der Waals surface area contributed by atoms with Gasteiger partial charge >= 0.3 is 0 Å². The van der Waals surface area contributed by atoms with Gasteiger partial charge in [0.1, 0.15) is 0 Å². The monoisotopic (exact) mass is 354 g/mol. The van der Waals surface area contributed by atoms with Crippen molar-refractivity contribution in [3.63, 3.8) is 0 Å². The van der Waals surface area contributed by atoms with Crippen molar-refractivity contribution in [2.75, 3.05) is 19.5 Å². The first-order chi connectivity index (χ1) is 11.1. The van der Waals surface area contributed by atoms with E-state index >= 15 is 0 Å². The Morgan fingerprint density at radius 3 is 2.33 bits per heavy atom. The van der Waals surface area contributed by atoms with E-state index < -0.39 is 0 Å². The molecule has 2 unspecified atom stereocenters. The Hall–Kier alpha value is -1.46. The molecule has 1 aromatic rings. The molecule has 2 N–H and O–H groups in total. The van der Waals surface area contributed by atoms with Gasteiger partial charge in [0.15, 0.2) is 11.5 Å². The number of benzene rings is 1. The van der Waals surface area contributed by atoms with Gasteiger partial charge in [-0.25, -0.2) is 0 Å². The molecule has 2 bridgehead atoms. The standard InChI is InChI=1S/C18H26N2O3.ClH/c1-11-6-16(22-2)17(23-3)10-15(11)20-18(21)9-12-7-13-4-5-14(8-12)19-13;/h6,10,12-14,19H,4-5,7-9H2,1-3H3,(H,20,21);1H. The number of rotatable bonds is 5. The van der Waals surface area contributed by atoms with Gasteiger partial charge in [0.2, 0.25) is 5.91 Å². The Kier molecular flexibility index (Phi) is 6.35. The van der Waals surface area contributed by atoms with Gasteiger partial charge < -0.3 is 20.1 Å². The van der Waals surface area contributed by atoms with Crippen molar-refractivity contribution in [3.8, 4) is 11.5 Å². The van der Waals surface area contributed by atoms with Gasteiger partial charge in [0.25, 0.3) is 0 Å². The Morgan fingerprint density at radius 2 is 1.75 bits per heavy atom. The predicted molar refractivity (Wildman–Crippen MR) is 97.4 cm³/mol. The van der Waals surface area contributed by atoms with E-state index in [2.05, 4.69) is 10.6 Å². The van der Waals surface area contributed by atoms with Crippen LogP contribution in [0.2, 0.25) is 0 Å². The van der Waals surface area contributed by atoms with Crippen LogP contribution < -0.4 is 20.1 Å². The number of methoxy groups -OCH3 is 2. The number of piperidine rings is 1. The van der Waals surface area contributed by atoms with E-state index in [1.807, 2.05) is 19.1 Å². The molecule has 2 aliphatic heterocycles. The topological polar surface area (TPSA) is 59.6 Å². The third-order valence-corrected chi connectivity index (χ3v) is 5.05. The highest BCUT2D eigenvalue weighted by Crippen LogP contribution is 2.35. The second-order valence-electron chi connectivity index (χ2n) is 6.75. The van der Waals surface area contributed by atoms with Gasteiger partial charge in [-0.15, -0.1) is 12.4 Å². The minimum absolute atomic E-state index is 0. The third-order valence-electron chi connectivity index (χ3n) is 5.05. The largest absolute Gasteiger partial charge is 0.493 e. The number of ether oxygens (including phenoxy) is 2. The Bertz CT molecular complexity index is 582. The maximum atomic E-state index is 12.4. The van der Waals surface area contributed by atoms with Gasteiger partial charge in [0, 0.05) is 30.3 Å². The van der Waals surface area contributed by atoms with Crippen molar-refractivity contribution in [2.24, 2.45) is 5.92 Å². The van der Waals surface area contributed by atoms with E-state index in [0.29, 0.717) is 35.9 Å². The number of hydrogen-bond acceptors (Lipinski definition) is 4. The number of halogens is 1. The second kappa shape index (κ2) is 8.08.